The van der Waals surface area contributed by atoms with Gasteiger partial charge in [-0.1, -0.05) is 0 Å². The lowest BCUT2D eigenvalue weighted by Crippen LogP contribution is -2.08. The summed E-state index contributed by atoms with van der Waals surface area (Å²) in [6, 6.07) is 5.02. The first kappa shape index (κ1) is 11.2. The molecule has 88 valence electrons. The summed E-state index contributed by atoms with van der Waals surface area (Å²) in [7, 11) is 1.55. The molecule has 2 aromatic rings. The normalized spacial score (nSPS) is 10.2. The van der Waals surface area contributed by atoms with Crippen LogP contribution in [-0.4, -0.2) is 22.9 Å². The molecule has 0 aliphatic carbocycles. The van der Waals surface area contributed by atoms with Crippen molar-refractivity contribution in [1.82, 2.24) is 9.97 Å². The summed E-state index contributed by atoms with van der Waals surface area (Å²) in [6.45, 7) is 0. The molecule has 0 atom stereocenters. The van der Waals surface area contributed by atoms with Crippen LogP contribution in [0.15, 0.2) is 30.6 Å². The first-order chi connectivity index (χ1) is 8.20. The number of methoxy groups -OCH3 is 1. The molecule has 0 amide bonds. The number of hydrogen-bond acceptors (Lipinski definition) is 4. The summed E-state index contributed by atoms with van der Waals surface area (Å²) in [5, 5.41) is 0. The SMILES string of the molecule is COc1ccc(N)c(C(=O)Cc2ncc[nH]2)c1. The Bertz CT molecular complexity index is 521. The molecule has 2 rings (SSSR count). The number of hydrogen-bond donors (Lipinski definition) is 2. The van der Waals surface area contributed by atoms with Gasteiger partial charge in [0, 0.05) is 23.6 Å². The van der Waals surface area contributed by atoms with Gasteiger partial charge in [0.15, 0.2) is 5.78 Å². The summed E-state index contributed by atoms with van der Waals surface area (Å²) >= 11 is 0. The lowest BCUT2D eigenvalue weighted by atomic mass is 10.1. The summed E-state index contributed by atoms with van der Waals surface area (Å²) in [5.74, 6) is 1.15. The van der Waals surface area contributed by atoms with Crippen molar-refractivity contribution in [2.45, 2.75) is 6.42 Å². The van der Waals surface area contributed by atoms with E-state index in [0.717, 1.165) is 0 Å². The van der Waals surface area contributed by atoms with Crippen molar-refractivity contribution in [3.05, 3.63) is 42.0 Å². The summed E-state index contributed by atoms with van der Waals surface area (Å²) in [5.41, 5.74) is 6.67. The Labute approximate surface area is 98.6 Å². The molecule has 0 saturated carbocycles. The molecule has 1 aromatic heterocycles. The van der Waals surface area contributed by atoms with E-state index in [1.807, 2.05) is 0 Å². The molecule has 3 N–H and O–H groups in total. The minimum absolute atomic E-state index is 0.0867. The Balaban J connectivity index is 2.24. The molecule has 0 aliphatic rings. The van der Waals surface area contributed by atoms with Gasteiger partial charge in [-0.2, -0.15) is 0 Å². The van der Waals surface area contributed by atoms with Crippen LogP contribution in [0.3, 0.4) is 0 Å². The molecule has 5 nitrogen and oxygen atoms in total. The third-order valence-corrected chi connectivity index (χ3v) is 2.44. The Morgan fingerprint density at radius 1 is 1.53 bits per heavy atom. The maximum absolute atomic E-state index is 12.0. The third kappa shape index (κ3) is 2.44. The lowest BCUT2D eigenvalue weighted by molar-refractivity contribution is 0.0991. The zero-order valence-corrected chi connectivity index (χ0v) is 9.43. The van der Waals surface area contributed by atoms with Gasteiger partial charge in [-0.25, -0.2) is 4.98 Å². The highest BCUT2D eigenvalue weighted by Gasteiger charge is 2.12. The number of ether oxygens (including phenoxy) is 1. The van der Waals surface area contributed by atoms with Gasteiger partial charge in [-0.05, 0) is 18.2 Å². The van der Waals surface area contributed by atoms with E-state index in [1.165, 1.54) is 0 Å². The van der Waals surface area contributed by atoms with Gasteiger partial charge < -0.3 is 15.5 Å². The molecule has 0 unspecified atom stereocenters. The number of H-pyrrole nitrogens is 1. The zero-order valence-electron chi connectivity index (χ0n) is 9.43. The first-order valence-electron chi connectivity index (χ1n) is 5.15. The van der Waals surface area contributed by atoms with Gasteiger partial charge in [0.1, 0.15) is 11.6 Å². The Kier molecular flexibility index (Phi) is 3.09. The number of aromatic amines is 1. The number of imidazole rings is 1. The average molecular weight is 231 g/mol. The van der Waals surface area contributed by atoms with Crippen molar-refractivity contribution in [2.75, 3.05) is 12.8 Å². The summed E-state index contributed by atoms with van der Waals surface area (Å²) in [4.78, 5) is 18.9. The summed E-state index contributed by atoms with van der Waals surface area (Å²) in [6.07, 6.45) is 3.49. The number of aromatic nitrogens is 2. The minimum atomic E-state index is -0.0867. The van der Waals surface area contributed by atoms with Crippen molar-refractivity contribution in [3.63, 3.8) is 0 Å². The van der Waals surface area contributed by atoms with Crippen molar-refractivity contribution in [2.24, 2.45) is 0 Å². The number of ketones is 1. The van der Waals surface area contributed by atoms with E-state index < -0.39 is 0 Å². The van der Waals surface area contributed by atoms with E-state index in [9.17, 15) is 4.79 Å². The highest BCUT2D eigenvalue weighted by molar-refractivity contribution is 6.02. The van der Waals surface area contributed by atoms with E-state index >= 15 is 0 Å². The number of nitrogens with zero attached hydrogens (tertiary/aromatic N) is 1. The standard InChI is InChI=1S/C12H13N3O2/c1-17-8-2-3-10(13)9(6-8)11(16)7-12-14-4-5-15-12/h2-6H,7,13H2,1H3,(H,14,15). The van der Waals surface area contributed by atoms with Crippen molar-refractivity contribution in [1.29, 1.82) is 0 Å². The van der Waals surface area contributed by atoms with Crippen LogP contribution in [0.25, 0.3) is 0 Å². The smallest absolute Gasteiger partial charge is 0.172 e. The van der Waals surface area contributed by atoms with Gasteiger partial charge in [-0.15, -0.1) is 0 Å². The fourth-order valence-electron chi connectivity index (χ4n) is 1.55. The molecule has 0 spiro atoms. The van der Waals surface area contributed by atoms with Gasteiger partial charge in [0.2, 0.25) is 0 Å². The van der Waals surface area contributed by atoms with Gasteiger partial charge in [0.25, 0.3) is 0 Å². The number of nitrogens with two attached hydrogens (primary N) is 1. The Morgan fingerprint density at radius 2 is 2.35 bits per heavy atom. The van der Waals surface area contributed by atoms with E-state index in [4.69, 9.17) is 10.5 Å². The molecule has 1 heterocycles. The molecule has 0 aliphatic heterocycles. The number of Topliss-reactive ketones (excluding diaryl/α,β-unsaturated/α-hetero) is 1. The number of carbonyl (C=O) groups excluding carboxylic acids is 1. The van der Waals surface area contributed by atoms with Gasteiger partial charge in [0.05, 0.1) is 13.5 Å². The topological polar surface area (TPSA) is 81.0 Å². The van der Waals surface area contributed by atoms with Crippen LogP contribution in [0, 0.1) is 0 Å². The monoisotopic (exact) mass is 231 g/mol. The number of nitrogen functional groups attached to an aromatic ring is 1. The maximum Gasteiger partial charge on any atom is 0.172 e. The van der Waals surface area contributed by atoms with E-state index in [2.05, 4.69) is 9.97 Å². The highest BCUT2D eigenvalue weighted by Crippen LogP contribution is 2.20. The van der Waals surface area contributed by atoms with Crippen molar-refractivity contribution >= 4 is 11.5 Å². The quantitative estimate of drug-likeness (QED) is 0.616. The molecule has 0 fully saturated rings. The third-order valence-electron chi connectivity index (χ3n) is 2.44. The van der Waals surface area contributed by atoms with Crippen LogP contribution in [0.2, 0.25) is 0 Å². The molecule has 5 heteroatoms. The molecule has 0 saturated heterocycles. The largest absolute Gasteiger partial charge is 0.497 e. The molecule has 0 bridgehead atoms. The Morgan fingerprint density at radius 3 is 3.00 bits per heavy atom. The zero-order chi connectivity index (χ0) is 12.3. The Hall–Kier alpha value is -2.30. The summed E-state index contributed by atoms with van der Waals surface area (Å²) < 4.78 is 5.06. The molecule has 0 radical (unpaired) electrons. The molecule has 1 aromatic carbocycles. The van der Waals surface area contributed by atoms with Crippen molar-refractivity contribution < 1.29 is 9.53 Å². The van der Waals surface area contributed by atoms with E-state index in [1.54, 1.807) is 37.7 Å². The van der Waals surface area contributed by atoms with Crippen LogP contribution in [0.5, 0.6) is 5.75 Å². The number of nitrogens with one attached hydrogen (secondary N) is 1. The van der Waals surface area contributed by atoms with Crippen LogP contribution in [0.1, 0.15) is 16.2 Å². The van der Waals surface area contributed by atoms with Gasteiger partial charge >= 0.3 is 0 Å². The fraction of sp³-hybridized carbons (Fsp3) is 0.167. The molecular formula is C12H13N3O2. The second-order valence-corrected chi connectivity index (χ2v) is 3.59. The number of rotatable bonds is 4. The predicted molar refractivity (Wildman–Crippen MR) is 64.0 cm³/mol. The van der Waals surface area contributed by atoms with Gasteiger partial charge in [-0.3, -0.25) is 4.79 Å². The lowest BCUT2D eigenvalue weighted by Gasteiger charge is -2.06. The highest BCUT2D eigenvalue weighted by atomic mass is 16.5. The minimum Gasteiger partial charge on any atom is -0.497 e. The fourth-order valence-corrected chi connectivity index (χ4v) is 1.55. The van der Waals surface area contributed by atoms with Crippen LogP contribution < -0.4 is 10.5 Å². The number of anilines is 1. The second-order valence-electron chi connectivity index (χ2n) is 3.59. The van der Waals surface area contributed by atoms with E-state index in [-0.39, 0.29) is 12.2 Å². The van der Waals surface area contributed by atoms with Crippen LogP contribution >= 0.6 is 0 Å². The molecule has 17 heavy (non-hydrogen) atoms. The van der Waals surface area contributed by atoms with Crippen molar-refractivity contribution in [3.8, 4) is 5.75 Å². The number of benzene rings is 1. The maximum atomic E-state index is 12.0. The first-order valence-corrected chi connectivity index (χ1v) is 5.15. The van der Waals surface area contributed by atoms with E-state index in [0.29, 0.717) is 22.8 Å². The molecular weight excluding hydrogens is 218 g/mol. The number of carbonyl (C=O) groups is 1. The predicted octanol–water partition coefficient (Wildman–Crippen LogP) is 1.43. The average Bonchev–Trinajstić information content (AvgIpc) is 2.82. The van der Waals surface area contributed by atoms with Crippen LogP contribution in [0.4, 0.5) is 5.69 Å². The van der Waals surface area contributed by atoms with Crippen LogP contribution in [-0.2, 0) is 6.42 Å². The second kappa shape index (κ2) is 4.69.